The Kier molecular flexibility index (Phi) is 27.5. The number of alkyl carbamates (subject to hydrolysis) is 2. The smallest absolute Gasteiger partial charge is 0.407 e. The molecule has 1 heterocycles. The van der Waals surface area contributed by atoms with Crippen molar-refractivity contribution in [1.82, 2.24) is 31.2 Å². The van der Waals surface area contributed by atoms with Crippen molar-refractivity contribution in [2.45, 2.75) is 171 Å². The molecular formula is C51H89N7O13. The number of anilines is 1. The Morgan fingerprint density at radius 3 is 1.65 bits per heavy atom. The molecular weight excluding hydrogens is 919 g/mol. The summed E-state index contributed by atoms with van der Waals surface area (Å²) in [5.41, 5.74) is 0.741. The van der Waals surface area contributed by atoms with Crippen LogP contribution in [0.25, 0.3) is 0 Å². The van der Waals surface area contributed by atoms with Crippen molar-refractivity contribution in [2.24, 2.45) is 21.7 Å². The molecule has 4 unspecified atom stereocenters. The molecule has 2 saturated carbocycles. The number of nitrogens with zero attached hydrogens (tertiary/aromatic N) is 1. The number of rotatable bonds is 28. The zero-order chi connectivity index (χ0) is 53.1. The van der Waals surface area contributed by atoms with E-state index < -0.39 is 12.2 Å². The fraction of sp³-hybridized carbons (Fsp3) is 0.804. The van der Waals surface area contributed by atoms with Gasteiger partial charge in [-0.15, -0.1) is 0 Å². The largest absolute Gasteiger partial charge is 0.463 e. The molecule has 0 saturated heterocycles. The molecule has 406 valence electrons. The van der Waals surface area contributed by atoms with E-state index in [0.717, 1.165) is 64.2 Å². The van der Waals surface area contributed by atoms with Crippen molar-refractivity contribution >= 4 is 41.9 Å². The van der Waals surface area contributed by atoms with Gasteiger partial charge in [0.05, 0.1) is 32.1 Å². The molecule has 2 aliphatic rings. The van der Waals surface area contributed by atoms with E-state index in [2.05, 4.69) is 78.1 Å². The zero-order valence-corrected chi connectivity index (χ0v) is 44.9. The second-order valence-corrected chi connectivity index (χ2v) is 21.5. The van der Waals surface area contributed by atoms with Gasteiger partial charge >= 0.3 is 24.1 Å². The first kappa shape index (κ1) is 62.1. The number of hydrogen-bond acceptors (Lipinski definition) is 15. The molecule has 4 amide bonds. The topological polar surface area (TPSA) is 264 Å². The molecule has 0 radical (unpaired) electrons. The lowest BCUT2D eigenvalue weighted by Gasteiger charge is -2.46. The molecule has 71 heavy (non-hydrogen) atoms. The van der Waals surface area contributed by atoms with Gasteiger partial charge in [0, 0.05) is 84.6 Å². The quantitative estimate of drug-likeness (QED) is 0.0301. The van der Waals surface area contributed by atoms with Crippen LogP contribution >= 0.6 is 0 Å². The first-order chi connectivity index (χ1) is 33.4. The zero-order valence-electron chi connectivity index (χ0n) is 44.9. The van der Waals surface area contributed by atoms with E-state index in [1.807, 2.05) is 0 Å². The maximum atomic E-state index is 12.3. The third-order valence-electron chi connectivity index (χ3n) is 12.6. The molecule has 2 fully saturated rings. The molecule has 20 nitrogen and oxygen atoms in total. The molecule has 0 spiro atoms. The number of nitrogens with one attached hydrogen (secondary N) is 6. The Morgan fingerprint density at radius 1 is 0.620 bits per heavy atom. The molecule has 0 aliphatic heterocycles. The van der Waals surface area contributed by atoms with Crippen LogP contribution in [-0.4, -0.2) is 131 Å². The van der Waals surface area contributed by atoms with Crippen molar-refractivity contribution in [2.75, 3.05) is 78.8 Å². The van der Waals surface area contributed by atoms with Crippen LogP contribution in [0.3, 0.4) is 0 Å². The van der Waals surface area contributed by atoms with E-state index in [1.54, 1.807) is 21.1 Å². The Hall–Kier alpha value is -4.98. The van der Waals surface area contributed by atoms with E-state index in [1.165, 1.54) is 13.8 Å². The molecule has 6 N–H and O–H groups in total. The number of amides is 4. The van der Waals surface area contributed by atoms with Crippen LogP contribution < -0.4 is 32.1 Å². The Labute approximate surface area is 422 Å². The van der Waals surface area contributed by atoms with E-state index in [4.69, 9.17) is 28.4 Å². The summed E-state index contributed by atoms with van der Waals surface area (Å²) in [5, 5.41) is 14.6. The first-order valence-corrected chi connectivity index (χ1v) is 25.4. The SMILES string of the molecule is CNc1nc(C)c(CCOC(=O)NCC2(C)CC(NC(C)=O)CC(C)(C)C2)c(=O)[nH]1.COCCCCCC(=O)OCCOCCOC(=O)CCCCCOC(=O)NC1CC(C)(C)CC(C)(CNC(C)=O)C1. The molecule has 3 rings (SSSR count). The number of carbonyl (C=O) groups is 6. The number of methoxy groups -OCH3 is 1. The predicted molar refractivity (Wildman–Crippen MR) is 270 cm³/mol. The average Bonchev–Trinajstić information content (AvgIpc) is 3.25. The maximum absolute atomic E-state index is 12.3. The fourth-order valence-corrected chi connectivity index (χ4v) is 10.3. The number of aromatic nitrogens is 2. The Morgan fingerprint density at radius 2 is 1.14 bits per heavy atom. The summed E-state index contributed by atoms with van der Waals surface area (Å²) in [6, 6.07) is 0.0805. The number of carbonyl (C=O) groups excluding carboxylic acids is 6. The van der Waals surface area contributed by atoms with Crippen LogP contribution in [0.4, 0.5) is 15.5 Å². The van der Waals surface area contributed by atoms with Gasteiger partial charge in [-0.3, -0.25) is 29.0 Å². The van der Waals surface area contributed by atoms with E-state index in [-0.39, 0.29) is 109 Å². The van der Waals surface area contributed by atoms with E-state index >= 15 is 0 Å². The monoisotopic (exact) mass is 1010 g/mol. The van der Waals surface area contributed by atoms with Crippen molar-refractivity contribution < 1.29 is 57.2 Å². The molecule has 0 bridgehead atoms. The van der Waals surface area contributed by atoms with Gasteiger partial charge in [0.2, 0.25) is 17.8 Å². The Balaban J connectivity index is 0.000000509. The lowest BCUT2D eigenvalue weighted by molar-refractivity contribution is -0.147. The normalized spacial score (nSPS) is 21.0. The summed E-state index contributed by atoms with van der Waals surface area (Å²) >= 11 is 0. The first-order valence-electron chi connectivity index (χ1n) is 25.4. The third-order valence-corrected chi connectivity index (χ3v) is 12.6. The molecule has 4 atom stereocenters. The van der Waals surface area contributed by atoms with Crippen molar-refractivity contribution in [3.05, 3.63) is 21.6 Å². The van der Waals surface area contributed by atoms with Gasteiger partial charge in [-0.25, -0.2) is 14.6 Å². The van der Waals surface area contributed by atoms with Gasteiger partial charge in [-0.05, 0) is 99.2 Å². The fourth-order valence-electron chi connectivity index (χ4n) is 10.3. The van der Waals surface area contributed by atoms with Crippen LogP contribution in [0.1, 0.15) is 157 Å². The highest BCUT2D eigenvalue weighted by atomic mass is 16.6. The number of aromatic amines is 1. The summed E-state index contributed by atoms with van der Waals surface area (Å²) in [6.45, 7) is 20.8. The van der Waals surface area contributed by atoms with Crippen LogP contribution in [-0.2, 0) is 54.0 Å². The number of unbranched alkanes of at least 4 members (excludes halogenated alkanes) is 4. The predicted octanol–water partition coefficient (Wildman–Crippen LogP) is 6.41. The van der Waals surface area contributed by atoms with Crippen molar-refractivity contribution in [1.29, 1.82) is 0 Å². The van der Waals surface area contributed by atoms with Crippen LogP contribution in [0.5, 0.6) is 0 Å². The summed E-state index contributed by atoms with van der Waals surface area (Å²) < 4.78 is 31.2. The molecule has 1 aromatic rings. The van der Waals surface area contributed by atoms with Crippen LogP contribution in [0.2, 0.25) is 0 Å². The van der Waals surface area contributed by atoms with Gasteiger partial charge in [-0.1, -0.05) is 48.0 Å². The molecule has 0 aromatic carbocycles. The van der Waals surface area contributed by atoms with E-state index in [9.17, 15) is 33.6 Å². The standard InChI is InChI=1S/C30H54N2O9.C21H35N5O4/c1-24(33)31-23-30(4)21-25(20-29(2,3)22-30)32-28(36)41-15-11-7-9-13-27(35)40-19-17-38-16-18-39-26(34)12-8-6-10-14-37-5;1-13-16(17(28)26-18(22-6)24-13)7-8-30-19(29)23-12-21(5)10-15(25-14(2)27)9-20(3,4)11-21/h25H,6-23H2,1-5H3,(H,31,33)(H,32,36);15H,7-12H2,1-6H3,(H,23,29)(H,25,27)(H2,22,24,26,28). The maximum Gasteiger partial charge on any atom is 0.407 e. The average molecular weight is 1010 g/mol. The number of esters is 2. The van der Waals surface area contributed by atoms with Crippen LogP contribution in [0.15, 0.2) is 4.79 Å². The molecule has 2 aliphatic carbocycles. The number of aryl methyl sites for hydroxylation is 1. The highest BCUT2D eigenvalue weighted by Crippen LogP contribution is 2.47. The third kappa shape index (κ3) is 27.4. The Bertz CT molecular complexity index is 1890. The number of ether oxygens (including phenoxy) is 6. The minimum atomic E-state index is -0.510. The van der Waals surface area contributed by atoms with Gasteiger partial charge in [-0.2, -0.15) is 0 Å². The summed E-state index contributed by atoms with van der Waals surface area (Å²) in [6.07, 6.45) is 9.98. The van der Waals surface area contributed by atoms with Crippen LogP contribution in [0, 0.1) is 28.6 Å². The van der Waals surface area contributed by atoms with E-state index in [0.29, 0.717) is 62.6 Å². The number of H-pyrrole nitrogens is 1. The van der Waals surface area contributed by atoms with Gasteiger partial charge in [0.25, 0.3) is 5.56 Å². The second-order valence-electron chi connectivity index (χ2n) is 21.5. The lowest BCUT2D eigenvalue weighted by atomic mass is 9.62. The minimum Gasteiger partial charge on any atom is -0.463 e. The molecule has 20 heteroatoms. The van der Waals surface area contributed by atoms with Crippen molar-refractivity contribution in [3.63, 3.8) is 0 Å². The summed E-state index contributed by atoms with van der Waals surface area (Å²) in [4.78, 5) is 89.9. The van der Waals surface area contributed by atoms with Gasteiger partial charge < -0.3 is 55.0 Å². The summed E-state index contributed by atoms with van der Waals surface area (Å²) in [7, 11) is 3.34. The second kappa shape index (κ2) is 31.5. The lowest BCUT2D eigenvalue weighted by Crippen LogP contribution is -2.50. The van der Waals surface area contributed by atoms with Gasteiger partial charge in [0.15, 0.2) is 0 Å². The molecule has 1 aromatic heterocycles. The highest BCUT2D eigenvalue weighted by molar-refractivity contribution is 5.73. The summed E-state index contributed by atoms with van der Waals surface area (Å²) in [5.74, 6) is -0.210. The van der Waals surface area contributed by atoms with Crippen molar-refractivity contribution in [3.8, 4) is 0 Å². The highest BCUT2D eigenvalue weighted by Gasteiger charge is 2.43. The number of hydrogen-bond donors (Lipinski definition) is 6. The minimum absolute atomic E-state index is 0.0138. The van der Waals surface area contributed by atoms with Gasteiger partial charge in [0.1, 0.15) is 13.2 Å².